The van der Waals surface area contributed by atoms with Crippen LogP contribution >= 0.6 is 0 Å². The van der Waals surface area contributed by atoms with Gasteiger partial charge in [-0.1, -0.05) is 18.2 Å². The fourth-order valence-electron chi connectivity index (χ4n) is 2.15. The van der Waals surface area contributed by atoms with Gasteiger partial charge in [-0.05, 0) is 12.1 Å². The van der Waals surface area contributed by atoms with Gasteiger partial charge in [0.15, 0.2) is 0 Å². The molecule has 0 saturated carbocycles. The lowest BCUT2D eigenvalue weighted by Gasteiger charge is -2.09. The number of hydrogen-bond acceptors (Lipinski definition) is 4. The molecule has 3 atom stereocenters. The first-order chi connectivity index (χ1) is 8.21. The van der Waals surface area contributed by atoms with Crippen LogP contribution in [0, 0.1) is 0 Å². The van der Waals surface area contributed by atoms with Crippen LogP contribution in [0.4, 0.5) is 0 Å². The lowest BCUT2D eigenvalue weighted by atomic mass is 10.3. The zero-order valence-electron chi connectivity index (χ0n) is 9.15. The van der Waals surface area contributed by atoms with Gasteiger partial charge in [-0.15, -0.1) is 0 Å². The van der Waals surface area contributed by atoms with Crippen molar-refractivity contribution in [2.75, 3.05) is 20.0 Å². The fourth-order valence-corrected chi connectivity index (χ4v) is 3.95. The first-order valence-electron chi connectivity index (χ1n) is 5.45. The molecule has 1 unspecified atom stereocenters. The van der Waals surface area contributed by atoms with E-state index in [0.717, 1.165) is 0 Å². The molecule has 0 amide bonds. The summed E-state index contributed by atoms with van der Waals surface area (Å²) in [7, 11) is -3.39. The normalized spacial score (nSPS) is 32.6. The quantitative estimate of drug-likeness (QED) is 0.719. The Morgan fingerprint density at radius 3 is 2.24 bits per heavy atom. The molecule has 0 N–H and O–H groups in total. The molecule has 2 fully saturated rings. The van der Waals surface area contributed by atoms with Crippen molar-refractivity contribution < 1.29 is 17.9 Å². The molecular formula is C11H13NO4S. The van der Waals surface area contributed by atoms with E-state index in [2.05, 4.69) is 0 Å². The minimum Gasteiger partial charge on any atom is -0.354 e. The summed E-state index contributed by atoms with van der Waals surface area (Å²) in [4.78, 5) is 0.327. The van der Waals surface area contributed by atoms with Crippen molar-refractivity contribution in [1.82, 2.24) is 4.31 Å². The van der Waals surface area contributed by atoms with Crippen molar-refractivity contribution in [3.8, 4) is 0 Å². The molecule has 2 aliphatic rings. The molecule has 1 aromatic carbocycles. The molecule has 0 bridgehead atoms. The van der Waals surface area contributed by atoms with Crippen LogP contribution in [0.5, 0.6) is 0 Å². The maximum atomic E-state index is 12.3. The molecule has 3 rings (SSSR count). The molecule has 92 valence electrons. The molecule has 0 aromatic heterocycles. The van der Waals surface area contributed by atoms with E-state index in [0.29, 0.717) is 18.1 Å². The summed E-state index contributed by atoms with van der Waals surface area (Å²) >= 11 is 0. The highest BCUT2D eigenvalue weighted by Gasteiger charge is 2.56. The van der Waals surface area contributed by atoms with Crippen LogP contribution in [0.2, 0.25) is 0 Å². The van der Waals surface area contributed by atoms with Gasteiger partial charge in [0.1, 0.15) is 6.79 Å². The number of fused-ring (bicyclic) bond motifs is 1. The Morgan fingerprint density at radius 2 is 1.65 bits per heavy atom. The predicted molar refractivity (Wildman–Crippen MR) is 59.8 cm³/mol. The maximum Gasteiger partial charge on any atom is 0.243 e. The van der Waals surface area contributed by atoms with Gasteiger partial charge in [0, 0.05) is 0 Å². The highest BCUT2D eigenvalue weighted by atomic mass is 32.2. The molecule has 6 heteroatoms. The van der Waals surface area contributed by atoms with Crippen LogP contribution in [-0.4, -0.2) is 44.8 Å². The number of rotatable bonds is 2. The van der Waals surface area contributed by atoms with Crippen LogP contribution in [0.3, 0.4) is 0 Å². The summed E-state index contributed by atoms with van der Waals surface area (Å²) in [6.45, 7) is 1.08. The summed E-state index contributed by atoms with van der Waals surface area (Å²) in [6.07, 6.45) is 0. The van der Waals surface area contributed by atoms with Crippen LogP contribution in [0.1, 0.15) is 0 Å². The number of ether oxygens (including phenoxy) is 2. The maximum absolute atomic E-state index is 12.3. The van der Waals surface area contributed by atoms with Gasteiger partial charge in [0.25, 0.3) is 0 Å². The van der Waals surface area contributed by atoms with Crippen molar-refractivity contribution in [2.24, 2.45) is 0 Å². The van der Waals surface area contributed by atoms with E-state index in [-0.39, 0.29) is 18.9 Å². The molecule has 17 heavy (non-hydrogen) atoms. The van der Waals surface area contributed by atoms with E-state index >= 15 is 0 Å². The first-order valence-corrected chi connectivity index (χ1v) is 6.89. The van der Waals surface area contributed by atoms with Gasteiger partial charge >= 0.3 is 0 Å². The minimum absolute atomic E-state index is 0.0669. The first kappa shape index (κ1) is 11.2. The van der Waals surface area contributed by atoms with E-state index in [1.807, 2.05) is 0 Å². The van der Waals surface area contributed by atoms with E-state index in [9.17, 15) is 8.42 Å². The Balaban J connectivity index is 1.86. The molecule has 2 aliphatic heterocycles. The van der Waals surface area contributed by atoms with Gasteiger partial charge < -0.3 is 9.47 Å². The van der Waals surface area contributed by atoms with Crippen LogP contribution < -0.4 is 0 Å². The van der Waals surface area contributed by atoms with Crippen molar-refractivity contribution >= 4 is 10.0 Å². The monoisotopic (exact) mass is 255 g/mol. The topological polar surface area (TPSA) is 55.6 Å². The number of sulfonamides is 1. The highest BCUT2D eigenvalue weighted by molar-refractivity contribution is 7.89. The SMILES string of the molecule is O=S(=O)(c1ccccc1)N1[C@@H]2COCOC[C@@H]21. The summed E-state index contributed by atoms with van der Waals surface area (Å²) in [5.41, 5.74) is 0. The van der Waals surface area contributed by atoms with Crippen molar-refractivity contribution in [2.45, 2.75) is 17.0 Å². The summed E-state index contributed by atoms with van der Waals surface area (Å²) in [6, 6.07) is 8.32. The zero-order chi connectivity index (χ0) is 11.9. The number of hydrogen-bond donors (Lipinski definition) is 0. The number of benzene rings is 1. The van der Waals surface area contributed by atoms with Crippen LogP contribution in [-0.2, 0) is 19.5 Å². The van der Waals surface area contributed by atoms with Crippen LogP contribution in [0.15, 0.2) is 35.2 Å². The summed E-state index contributed by atoms with van der Waals surface area (Å²) in [5, 5.41) is 0. The molecule has 0 aliphatic carbocycles. The van der Waals surface area contributed by atoms with Crippen LogP contribution in [0.25, 0.3) is 0 Å². The summed E-state index contributed by atoms with van der Waals surface area (Å²) in [5.74, 6) is 0. The van der Waals surface area contributed by atoms with Crippen molar-refractivity contribution in [1.29, 1.82) is 0 Å². The number of nitrogens with zero attached hydrogens (tertiary/aromatic N) is 1. The molecular weight excluding hydrogens is 242 g/mol. The predicted octanol–water partition coefficient (Wildman–Crippen LogP) is 0.432. The van der Waals surface area contributed by atoms with E-state index in [4.69, 9.17) is 9.47 Å². The Bertz CT molecular complexity index is 489. The van der Waals surface area contributed by atoms with Gasteiger partial charge in [0.2, 0.25) is 10.0 Å². The smallest absolute Gasteiger partial charge is 0.243 e. The molecule has 5 nitrogen and oxygen atoms in total. The van der Waals surface area contributed by atoms with Gasteiger partial charge in [-0.2, -0.15) is 4.31 Å². The van der Waals surface area contributed by atoms with Gasteiger partial charge in [-0.25, -0.2) is 8.42 Å². The lowest BCUT2D eigenvalue weighted by Crippen LogP contribution is -2.20. The van der Waals surface area contributed by atoms with Crippen molar-refractivity contribution in [3.63, 3.8) is 0 Å². The fraction of sp³-hybridized carbons (Fsp3) is 0.455. The van der Waals surface area contributed by atoms with Gasteiger partial charge in [-0.3, -0.25) is 0 Å². The summed E-state index contributed by atoms with van der Waals surface area (Å²) < 4.78 is 36.4. The third kappa shape index (κ3) is 1.87. The van der Waals surface area contributed by atoms with E-state index < -0.39 is 10.0 Å². The van der Waals surface area contributed by atoms with E-state index in [1.165, 1.54) is 4.31 Å². The molecule has 2 saturated heterocycles. The second kappa shape index (κ2) is 4.06. The Hall–Kier alpha value is -0.950. The Labute approximate surface area is 100.0 Å². The Morgan fingerprint density at radius 1 is 1.06 bits per heavy atom. The van der Waals surface area contributed by atoms with Crippen molar-refractivity contribution in [3.05, 3.63) is 30.3 Å². The standard InChI is InChI=1S/C11H13NO4S/c13-17(14,9-4-2-1-3-5-9)12-10-6-15-8-16-7-11(10)12/h1-5,10-11H,6-8H2/t10-,11+,12?. The second-order valence-corrected chi connectivity index (χ2v) is 5.99. The zero-order valence-corrected chi connectivity index (χ0v) is 9.97. The minimum atomic E-state index is -3.39. The second-order valence-electron chi connectivity index (χ2n) is 4.14. The highest BCUT2D eigenvalue weighted by Crippen LogP contribution is 2.37. The Kier molecular flexibility index (Phi) is 2.67. The average Bonchev–Trinajstić information content (AvgIpc) is 3.05. The third-order valence-corrected chi connectivity index (χ3v) is 5.04. The molecule has 1 aromatic rings. The average molecular weight is 255 g/mol. The van der Waals surface area contributed by atoms with Gasteiger partial charge in [0.05, 0.1) is 30.2 Å². The molecule has 0 spiro atoms. The molecule has 2 heterocycles. The molecule has 0 radical (unpaired) electrons. The largest absolute Gasteiger partial charge is 0.354 e. The third-order valence-electron chi connectivity index (χ3n) is 3.07. The lowest BCUT2D eigenvalue weighted by molar-refractivity contribution is -0.0436. The van der Waals surface area contributed by atoms with E-state index in [1.54, 1.807) is 30.3 Å².